The molecule has 168 valence electrons. The van der Waals surface area contributed by atoms with Crippen LogP contribution in [0.5, 0.6) is 0 Å². The minimum Gasteiger partial charge on any atom is -0.355 e. The van der Waals surface area contributed by atoms with E-state index < -0.39 is 0 Å². The van der Waals surface area contributed by atoms with Crippen LogP contribution < -0.4 is 10.6 Å². The highest BCUT2D eigenvalue weighted by molar-refractivity contribution is 6.13. The first-order chi connectivity index (χ1) is 15.8. The van der Waals surface area contributed by atoms with E-state index in [0.29, 0.717) is 27.8 Å². The third-order valence-electron chi connectivity index (χ3n) is 5.69. The van der Waals surface area contributed by atoms with Gasteiger partial charge >= 0.3 is 0 Å². The Morgan fingerprint density at radius 2 is 1.73 bits per heavy atom. The number of hydrogen-bond donors (Lipinski definition) is 2. The fourth-order valence-corrected chi connectivity index (χ4v) is 3.86. The standard InChI is InChI=1S/C26H27N5O2/c1-15(2)31-24-21(14-28-31)20(13-23(29-24)19-9-7-6-8-16(19)3)26(33)30-22-11-10-18(12-17(22)4)25(32)27-5/h6-15H,1-5H3,(H,27,32)(H,30,33). The molecule has 2 amide bonds. The van der Waals surface area contributed by atoms with Crippen LogP contribution in [-0.4, -0.2) is 33.6 Å². The molecule has 33 heavy (non-hydrogen) atoms. The lowest BCUT2D eigenvalue weighted by Crippen LogP contribution is -2.18. The molecule has 0 aliphatic rings. The summed E-state index contributed by atoms with van der Waals surface area (Å²) < 4.78 is 1.83. The van der Waals surface area contributed by atoms with Crippen molar-refractivity contribution >= 4 is 28.5 Å². The molecule has 4 aromatic rings. The van der Waals surface area contributed by atoms with Crippen LogP contribution in [0.2, 0.25) is 0 Å². The maximum Gasteiger partial charge on any atom is 0.256 e. The van der Waals surface area contributed by atoms with E-state index in [1.807, 2.05) is 62.7 Å². The fourth-order valence-electron chi connectivity index (χ4n) is 3.86. The predicted molar refractivity (Wildman–Crippen MR) is 131 cm³/mol. The first-order valence-corrected chi connectivity index (χ1v) is 10.9. The number of amides is 2. The van der Waals surface area contributed by atoms with Crippen LogP contribution in [0.4, 0.5) is 5.69 Å². The summed E-state index contributed by atoms with van der Waals surface area (Å²) in [6.45, 7) is 7.95. The van der Waals surface area contributed by atoms with Crippen molar-refractivity contribution in [2.75, 3.05) is 12.4 Å². The number of nitrogens with one attached hydrogen (secondary N) is 2. The van der Waals surface area contributed by atoms with Crippen LogP contribution in [0.15, 0.2) is 54.7 Å². The van der Waals surface area contributed by atoms with Crippen molar-refractivity contribution in [1.29, 1.82) is 0 Å². The van der Waals surface area contributed by atoms with Gasteiger partial charge in [0.2, 0.25) is 0 Å². The van der Waals surface area contributed by atoms with Gasteiger partial charge in [0.1, 0.15) is 0 Å². The molecule has 2 N–H and O–H groups in total. The Labute approximate surface area is 192 Å². The smallest absolute Gasteiger partial charge is 0.256 e. The van der Waals surface area contributed by atoms with Crippen LogP contribution in [0.3, 0.4) is 0 Å². The van der Waals surface area contributed by atoms with Crippen LogP contribution in [0.1, 0.15) is 51.7 Å². The van der Waals surface area contributed by atoms with Gasteiger partial charge in [0.15, 0.2) is 5.65 Å². The second-order valence-electron chi connectivity index (χ2n) is 8.35. The number of aryl methyl sites for hydroxylation is 2. The largest absolute Gasteiger partial charge is 0.355 e. The lowest BCUT2D eigenvalue weighted by molar-refractivity contribution is 0.0962. The average Bonchev–Trinajstić information content (AvgIpc) is 3.23. The molecule has 0 spiro atoms. The molecule has 0 saturated heterocycles. The van der Waals surface area contributed by atoms with Crippen LogP contribution in [-0.2, 0) is 0 Å². The van der Waals surface area contributed by atoms with E-state index in [4.69, 9.17) is 4.98 Å². The van der Waals surface area contributed by atoms with Crippen molar-refractivity contribution in [2.45, 2.75) is 33.7 Å². The van der Waals surface area contributed by atoms with Crippen molar-refractivity contribution < 1.29 is 9.59 Å². The Kier molecular flexibility index (Phi) is 5.96. The highest BCUT2D eigenvalue weighted by atomic mass is 16.2. The number of pyridine rings is 1. The predicted octanol–water partition coefficient (Wildman–Crippen LogP) is 4.91. The second kappa shape index (κ2) is 8.86. The summed E-state index contributed by atoms with van der Waals surface area (Å²) in [6, 6.07) is 15.1. The minimum atomic E-state index is -0.253. The first kappa shape index (κ1) is 22.2. The fraction of sp³-hybridized carbons (Fsp3) is 0.231. The zero-order chi connectivity index (χ0) is 23.7. The Morgan fingerprint density at radius 3 is 2.39 bits per heavy atom. The van der Waals surface area contributed by atoms with E-state index >= 15 is 0 Å². The number of anilines is 1. The molecule has 0 fully saturated rings. The highest BCUT2D eigenvalue weighted by Crippen LogP contribution is 2.29. The topological polar surface area (TPSA) is 88.9 Å². The zero-order valence-corrected chi connectivity index (χ0v) is 19.4. The molecule has 2 aromatic carbocycles. The van der Waals surface area contributed by atoms with Gasteiger partial charge in [0.25, 0.3) is 11.8 Å². The number of benzene rings is 2. The summed E-state index contributed by atoms with van der Waals surface area (Å²) in [5, 5.41) is 10.8. The lowest BCUT2D eigenvalue weighted by Gasteiger charge is -2.13. The van der Waals surface area contributed by atoms with Crippen molar-refractivity contribution in [3.8, 4) is 11.3 Å². The zero-order valence-electron chi connectivity index (χ0n) is 19.4. The lowest BCUT2D eigenvalue weighted by atomic mass is 10.0. The summed E-state index contributed by atoms with van der Waals surface area (Å²) >= 11 is 0. The summed E-state index contributed by atoms with van der Waals surface area (Å²) in [7, 11) is 1.59. The van der Waals surface area contributed by atoms with Gasteiger partial charge in [-0.15, -0.1) is 0 Å². The molecule has 7 nitrogen and oxygen atoms in total. The van der Waals surface area contributed by atoms with Gasteiger partial charge < -0.3 is 10.6 Å². The van der Waals surface area contributed by atoms with Gasteiger partial charge in [0.05, 0.1) is 22.8 Å². The molecule has 2 heterocycles. The number of nitrogens with zero attached hydrogens (tertiary/aromatic N) is 3. The van der Waals surface area contributed by atoms with Crippen molar-refractivity contribution in [1.82, 2.24) is 20.1 Å². The van der Waals surface area contributed by atoms with E-state index in [0.717, 1.165) is 22.4 Å². The molecular formula is C26H27N5O2. The Balaban J connectivity index is 1.80. The van der Waals surface area contributed by atoms with Crippen molar-refractivity contribution in [2.24, 2.45) is 0 Å². The molecule has 0 saturated carbocycles. The maximum absolute atomic E-state index is 13.4. The number of carbonyl (C=O) groups is 2. The number of rotatable bonds is 5. The third kappa shape index (κ3) is 4.22. The van der Waals surface area contributed by atoms with Gasteiger partial charge in [-0.3, -0.25) is 9.59 Å². The quantitative estimate of drug-likeness (QED) is 0.461. The first-order valence-electron chi connectivity index (χ1n) is 10.9. The maximum atomic E-state index is 13.4. The van der Waals surface area contributed by atoms with Crippen LogP contribution >= 0.6 is 0 Å². The average molecular weight is 442 g/mol. The second-order valence-corrected chi connectivity index (χ2v) is 8.35. The number of fused-ring (bicyclic) bond motifs is 1. The highest BCUT2D eigenvalue weighted by Gasteiger charge is 2.20. The third-order valence-corrected chi connectivity index (χ3v) is 5.69. The summed E-state index contributed by atoms with van der Waals surface area (Å²) in [4.78, 5) is 30.2. The molecule has 0 atom stereocenters. The number of hydrogen-bond acceptors (Lipinski definition) is 4. The van der Waals surface area contributed by atoms with E-state index in [2.05, 4.69) is 15.7 Å². The molecular weight excluding hydrogens is 414 g/mol. The Bertz CT molecular complexity index is 1370. The molecule has 0 aliphatic heterocycles. The minimum absolute atomic E-state index is 0.0949. The normalized spacial score (nSPS) is 11.1. The summed E-state index contributed by atoms with van der Waals surface area (Å²) in [6.07, 6.45) is 1.69. The van der Waals surface area contributed by atoms with E-state index in [9.17, 15) is 9.59 Å². The van der Waals surface area contributed by atoms with E-state index in [-0.39, 0.29) is 17.9 Å². The molecule has 7 heteroatoms. The SMILES string of the molecule is CNC(=O)c1ccc(NC(=O)c2cc(-c3ccccc3C)nc3c2cnn3C(C)C)c(C)c1. The Morgan fingerprint density at radius 1 is 0.970 bits per heavy atom. The molecule has 0 radical (unpaired) electrons. The number of carbonyl (C=O) groups excluding carboxylic acids is 2. The summed E-state index contributed by atoms with van der Waals surface area (Å²) in [5.74, 6) is -0.424. The summed E-state index contributed by atoms with van der Waals surface area (Å²) in [5.41, 5.74) is 5.92. The Hall–Kier alpha value is -4.00. The van der Waals surface area contributed by atoms with Gasteiger partial charge in [-0.25, -0.2) is 9.67 Å². The van der Waals surface area contributed by atoms with Crippen LogP contribution in [0.25, 0.3) is 22.3 Å². The van der Waals surface area contributed by atoms with Gasteiger partial charge in [-0.05, 0) is 63.1 Å². The van der Waals surface area contributed by atoms with E-state index in [1.165, 1.54) is 0 Å². The van der Waals surface area contributed by atoms with Crippen molar-refractivity contribution in [3.63, 3.8) is 0 Å². The van der Waals surface area contributed by atoms with Gasteiger partial charge in [-0.1, -0.05) is 24.3 Å². The van der Waals surface area contributed by atoms with E-state index in [1.54, 1.807) is 31.4 Å². The molecule has 0 unspecified atom stereocenters. The molecule has 2 aromatic heterocycles. The van der Waals surface area contributed by atoms with Gasteiger partial charge in [-0.2, -0.15) is 5.10 Å². The van der Waals surface area contributed by atoms with Gasteiger partial charge in [0, 0.05) is 29.9 Å². The molecule has 0 aliphatic carbocycles. The monoisotopic (exact) mass is 441 g/mol. The van der Waals surface area contributed by atoms with Crippen molar-refractivity contribution in [3.05, 3.63) is 77.0 Å². The molecule has 4 rings (SSSR count). The number of aromatic nitrogens is 3. The van der Waals surface area contributed by atoms with Crippen LogP contribution in [0, 0.1) is 13.8 Å². The molecule has 0 bridgehead atoms.